The molecule has 162 valence electrons. The molecule has 1 heterocycles. The lowest BCUT2D eigenvalue weighted by Gasteiger charge is -2.19. The molecule has 3 aromatic rings. The molecular formula is C22H17N3O6S. The summed E-state index contributed by atoms with van der Waals surface area (Å²) in [5.41, 5.74) is 1.42. The first-order valence-corrected chi connectivity index (χ1v) is 10.7. The van der Waals surface area contributed by atoms with Gasteiger partial charge in [-0.3, -0.25) is 0 Å². The van der Waals surface area contributed by atoms with Crippen LogP contribution in [0.1, 0.15) is 21.5 Å². The van der Waals surface area contributed by atoms with Crippen molar-refractivity contribution in [2.75, 3.05) is 12.1 Å². The predicted molar refractivity (Wildman–Crippen MR) is 118 cm³/mol. The van der Waals surface area contributed by atoms with Crippen molar-refractivity contribution in [3.05, 3.63) is 83.4 Å². The number of ether oxygens (including phenoxy) is 1. The number of aromatic hydroxyl groups is 1. The number of hydrazone groups is 1. The Labute approximate surface area is 183 Å². The largest absolute Gasteiger partial charge is 0.504 e. The van der Waals surface area contributed by atoms with Gasteiger partial charge in [0.1, 0.15) is 4.90 Å². The second-order valence-corrected chi connectivity index (χ2v) is 8.30. The fourth-order valence-corrected chi connectivity index (χ4v) is 4.32. The maximum Gasteiger partial charge on any atom is 0.335 e. The van der Waals surface area contributed by atoms with Crippen LogP contribution in [0.25, 0.3) is 0 Å². The van der Waals surface area contributed by atoms with Crippen molar-refractivity contribution in [3.63, 3.8) is 0 Å². The Kier molecular flexibility index (Phi) is 5.37. The van der Waals surface area contributed by atoms with Crippen molar-refractivity contribution < 1.29 is 28.2 Å². The average molecular weight is 451 g/mol. The summed E-state index contributed by atoms with van der Waals surface area (Å²) < 4.78 is 34.1. The second-order valence-electron chi connectivity index (χ2n) is 6.73. The number of fused-ring (bicyclic) bond motifs is 1. The number of carboxylic acids is 1. The second kappa shape index (κ2) is 8.16. The fraction of sp³-hybridized carbons (Fsp3) is 0.0455. The number of nitrogens with zero attached hydrogens (tertiary/aromatic N) is 3. The van der Waals surface area contributed by atoms with Crippen LogP contribution in [0.3, 0.4) is 0 Å². The molecule has 32 heavy (non-hydrogen) atoms. The van der Waals surface area contributed by atoms with Crippen molar-refractivity contribution in [1.82, 2.24) is 0 Å². The number of aromatic carboxylic acids is 1. The Morgan fingerprint density at radius 2 is 1.81 bits per heavy atom. The van der Waals surface area contributed by atoms with Crippen molar-refractivity contribution in [3.8, 4) is 11.5 Å². The first-order valence-electron chi connectivity index (χ1n) is 9.29. The van der Waals surface area contributed by atoms with Gasteiger partial charge in [0.2, 0.25) is 0 Å². The number of phenols is 1. The van der Waals surface area contributed by atoms with Gasteiger partial charge >= 0.3 is 5.97 Å². The Balaban J connectivity index is 1.82. The van der Waals surface area contributed by atoms with Crippen LogP contribution in [0.4, 0.5) is 5.69 Å². The number of benzene rings is 3. The summed E-state index contributed by atoms with van der Waals surface area (Å²) in [7, 11) is -2.49. The van der Waals surface area contributed by atoms with Gasteiger partial charge in [-0.05, 0) is 60.2 Å². The molecule has 0 saturated heterocycles. The summed E-state index contributed by atoms with van der Waals surface area (Å²) in [5, 5.41) is 24.7. The van der Waals surface area contributed by atoms with Crippen LogP contribution >= 0.6 is 0 Å². The number of sulfonamides is 1. The molecule has 0 saturated carbocycles. The van der Waals surface area contributed by atoms with E-state index in [0.29, 0.717) is 16.8 Å². The molecule has 0 aromatic heterocycles. The van der Waals surface area contributed by atoms with Crippen molar-refractivity contribution in [1.29, 1.82) is 0 Å². The lowest BCUT2D eigenvalue weighted by Crippen LogP contribution is -2.25. The molecular weight excluding hydrogens is 434 g/mol. The van der Waals surface area contributed by atoms with E-state index in [1.807, 2.05) is 0 Å². The maximum atomic E-state index is 12.5. The first kappa shape index (κ1) is 21.1. The van der Waals surface area contributed by atoms with Crippen LogP contribution in [0.15, 0.2) is 81.1 Å². The third kappa shape index (κ3) is 3.91. The normalized spacial score (nSPS) is 14.1. The molecule has 3 aromatic carbocycles. The minimum atomic E-state index is -3.90. The number of phenolic OH excluding ortho intramolecular Hbond substituents is 1. The minimum Gasteiger partial charge on any atom is -0.504 e. The summed E-state index contributed by atoms with van der Waals surface area (Å²) in [6, 6.07) is 16.8. The topological polar surface area (TPSA) is 129 Å². The van der Waals surface area contributed by atoms with Crippen LogP contribution in [0.5, 0.6) is 11.5 Å². The molecule has 1 aliphatic rings. The number of amidine groups is 1. The van der Waals surface area contributed by atoms with E-state index in [9.17, 15) is 18.3 Å². The Morgan fingerprint density at radius 1 is 1.09 bits per heavy atom. The summed E-state index contributed by atoms with van der Waals surface area (Å²) >= 11 is 0. The van der Waals surface area contributed by atoms with Gasteiger partial charge in [0.05, 0.1) is 24.6 Å². The molecule has 0 aliphatic carbocycles. The van der Waals surface area contributed by atoms with Gasteiger partial charge in [0.25, 0.3) is 10.0 Å². The number of anilines is 1. The third-order valence-corrected chi connectivity index (χ3v) is 6.02. The summed E-state index contributed by atoms with van der Waals surface area (Å²) in [6.07, 6.45) is 1.45. The number of methoxy groups -OCH3 is 1. The molecule has 4 rings (SSSR count). The Hall–Kier alpha value is -4.18. The maximum absolute atomic E-state index is 12.5. The zero-order valence-electron chi connectivity index (χ0n) is 16.7. The van der Waals surface area contributed by atoms with Gasteiger partial charge in [-0.2, -0.15) is 13.5 Å². The van der Waals surface area contributed by atoms with Gasteiger partial charge < -0.3 is 14.9 Å². The highest BCUT2D eigenvalue weighted by molar-refractivity contribution is 7.90. The van der Waals surface area contributed by atoms with Crippen LogP contribution in [0.2, 0.25) is 0 Å². The number of hydrogen-bond donors (Lipinski definition) is 2. The zero-order valence-corrected chi connectivity index (χ0v) is 17.5. The number of rotatable bonds is 5. The van der Waals surface area contributed by atoms with Gasteiger partial charge in [-0.15, -0.1) is 4.40 Å². The molecule has 9 nitrogen and oxygen atoms in total. The monoisotopic (exact) mass is 451 g/mol. The number of carboxylic acid groups (broad SMARTS) is 1. The smallest absolute Gasteiger partial charge is 0.335 e. The predicted octanol–water partition coefficient (Wildman–Crippen LogP) is 3.09. The lowest BCUT2D eigenvalue weighted by molar-refractivity contribution is 0.0697. The van der Waals surface area contributed by atoms with Crippen molar-refractivity contribution >= 4 is 33.7 Å². The van der Waals surface area contributed by atoms with Crippen molar-refractivity contribution in [2.45, 2.75) is 4.90 Å². The van der Waals surface area contributed by atoms with Gasteiger partial charge in [-0.25, -0.2) is 9.80 Å². The summed E-state index contributed by atoms with van der Waals surface area (Å²) in [4.78, 5) is 11.3. The van der Waals surface area contributed by atoms with E-state index in [1.165, 1.54) is 54.7 Å². The highest BCUT2D eigenvalue weighted by Gasteiger charge is 2.32. The zero-order chi connectivity index (χ0) is 22.9. The first-order chi connectivity index (χ1) is 15.3. The SMILES string of the molecule is COc1cc(C=NN(C2=NS(=O)(=O)c3ccccc32)c2ccc(C(=O)O)cc2)ccc1O. The molecule has 0 spiro atoms. The fourth-order valence-electron chi connectivity index (χ4n) is 3.13. The van der Waals surface area contributed by atoms with Crippen LogP contribution in [0, 0.1) is 0 Å². The molecule has 0 amide bonds. The van der Waals surface area contributed by atoms with E-state index in [0.717, 1.165) is 0 Å². The van der Waals surface area contributed by atoms with E-state index >= 15 is 0 Å². The molecule has 0 unspecified atom stereocenters. The third-order valence-electron chi connectivity index (χ3n) is 4.70. The Morgan fingerprint density at radius 3 is 2.50 bits per heavy atom. The van der Waals surface area contributed by atoms with Crippen LogP contribution < -0.4 is 9.75 Å². The van der Waals surface area contributed by atoms with Gasteiger partial charge in [-0.1, -0.05) is 12.1 Å². The Bertz CT molecular complexity index is 1360. The van der Waals surface area contributed by atoms with Crippen LogP contribution in [-0.2, 0) is 10.0 Å². The van der Waals surface area contributed by atoms with Crippen LogP contribution in [-0.4, -0.2) is 43.8 Å². The molecule has 0 bridgehead atoms. The van der Waals surface area contributed by atoms with Gasteiger partial charge in [0, 0.05) is 5.56 Å². The standard InChI is InChI=1S/C22H17N3O6S/c1-31-19-12-14(6-11-18(19)26)13-23-25(16-9-7-15(8-10-16)22(27)28)21-17-4-2-3-5-20(17)32(29,30)24-21/h2-13,26H,1H3,(H,27,28). The number of hydrogen-bond acceptors (Lipinski definition) is 7. The highest BCUT2D eigenvalue weighted by atomic mass is 32.2. The molecule has 0 fully saturated rings. The molecule has 10 heteroatoms. The number of carbonyl (C=O) groups is 1. The summed E-state index contributed by atoms with van der Waals surface area (Å²) in [5.74, 6) is -0.803. The lowest BCUT2D eigenvalue weighted by atomic mass is 10.1. The quantitative estimate of drug-likeness (QED) is 0.450. The van der Waals surface area contributed by atoms with E-state index in [1.54, 1.807) is 30.3 Å². The molecule has 1 aliphatic heterocycles. The van der Waals surface area contributed by atoms with E-state index in [4.69, 9.17) is 9.84 Å². The summed E-state index contributed by atoms with van der Waals surface area (Å²) in [6.45, 7) is 0. The molecule has 2 N–H and O–H groups in total. The molecule has 0 radical (unpaired) electrons. The van der Waals surface area contributed by atoms with Crippen molar-refractivity contribution in [2.24, 2.45) is 9.50 Å². The van der Waals surface area contributed by atoms with E-state index < -0.39 is 16.0 Å². The average Bonchev–Trinajstić information content (AvgIpc) is 3.06. The van der Waals surface area contributed by atoms with Gasteiger partial charge in [0.15, 0.2) is 17.3 Å². The minimum absolute atomic E-state index is 0.0362. The van der Waals surface area contributed by atoms with E-state index in [-0.39, 0.29) is 27.8 Å². The van der Waals surface area contributed by atoms with E-state index in [2.05, 4.69) is 9.50 Å². The molecule has 0 atom stereocenters. The highest BCUT2D eigenvalue weighted by Crippen LogP contribution is 2.31.